The highest BCUT2D eigenvalue weighted by Crippen LogP contribution is 2.18. The van der Waals surface area contributed by atoms with Gasteiger partial charge in [0, 0.05) is 33.7 Å². The number of methoxy groups -OCH3 is 1. The summed E-state index contributed by atoms with van der Waals surface area (Å²) >= 11 is 0. The highest BCUT2D eigenvalue weighted by atomic mass is 127. The van der Waals surface area contributed by atoms with Crippen molar-refractivity contribution in [2.45, 2.75) is 26.7 Å². The van der Waals surface area contributed by atoms with Crippen LogP contribution in [0.4, 0.5) is 0 Å². The summed E-state index contributed by atoms with van der Waals surface area (Å²) in [7, 11) is 1.90. The first kappa shape index (κ1) is 25.9. The van der Waals surface area contributed by atoms with E-state index in [1.54, 1.807) is 28.1 Å². The van der Waals surface area contributed by atoms with Crippen LogP contribution in [0.15, 0.2) is 23.2 Å². The van der Waals surface area contributed by atoms with Crippen LogP contribution in [0.3, 0.4) is 0 Å². The van der Waals surface area contributed by atoms with Crippen LogP contribution in [-0.4, -0.2) is 65.3 Å². The average Bonchev–Trinajstić information content (AvgIpc) is 2.64. The molecule has 0 amide bonds. The van der Waals surface area contributed by atoms with E-state index in [0.29, 0.717) is 25.5 Å². The molecule has 0 aliphatic heterocycles. The summed E-state index contributed by atoms with van der Waals surface area (Å²) in [5.41, 5.74) is 2.32. The van der Waals surface area contributed by atoms with Gasteiger partial charge in [-0.2, -0.15) is 0 Å². The van der Waals surface area contributed by atoms with Crippen molar-refractivity contribution >= 4 is 40.0 Å². The summed E-state index contributed by atoms with van der Waals surface area (Å²) in [5.74, 6) is 1.74. The van der Waals surface area contributed by atoms with E-state index in [1.165, 1.54) is 9.87 Å². The Bertz CT molecular complexity index is 696. The Kier molecular flexibility index (Phi) is 12.6. The molecule has 1 aromatic rings. The molecular weight excluding hydrogens is 479 g/mol. The Balaban J connectivity index is 0.00000676. The monoisotopic (exact) mass is 512 g/mol. The van der Waals surface area contributed by atoms with Gasteiger partial charge in [-0.15, -0.1) is 24.0 Å². The van der Waals surface area contributed by atoms with Gasteiger partial charge in [0.25, 0.3) is 0 Å². The van der Waals surface area contributed by atoms with Crippen molar-refractivity contribution < 1.29 is 13.2 Å². The molecule has 1 aromatic carbocycles. The first-order chi connectivity index (χ1) is 12.3. The lowest BCUT2D eigenvalue weighted by atomic mass is 10.1. The second-order valence-electron chi connectivity index (χ2n) is 6.06. The lowest BCUT2D eigenvalue weighted by Gasteiger charge is -2.17. The highest BCUT2D eigenvalue weighted by Gasteiger charge is 2.13. The van der Waals surface area contributed by atoms with Crippen LogP contribution in [0.25, 0.3) is 0 Å². The van der Waals surface area contributed by atoms with Crippen LogP contribution >= 0.6 is 24.0 Å². The summed E-state index contributed by atoms with van der Waals surface area (Å²) in [4.78, 5) is 4.19. The van der Waals surface area contributed by atoms with Crippen molar-refractivity contribution in [3.05, 3.63) is 29.3 Å². The van der Waals surface area contributed by atoms with Crippen molar-refractivity contribution in [2.24, 2.45) is 4.99 Å². The van der Waals surface area contributed by atoms with Gasteiger partial charge in [-0.25, -0.2) is 12.7 Å². The van der Waals surface area contributed by atoms with Gasteiger partial charge in [-0.3, -0.25) is 4.99 Å². The maximum absolute atomic E-state index is 11.7. The molecule has 0 bridgehead atoms. The number of sulfonamides is 1. The number of nitrogens with one attached hydrogen (secondary N) is 2. The van der Waals surface area contributed by atoms with Crippen molar-refractivity contribution in [2.75, 3.05) is 46.6 Å². The fourth-order valence-corrected chi connectivity index (χ4v) is 3.28. The molecule has 0 heterocycles. The van der Waals surface area contributed by atoms with Crippen LogP contribution < -0.4 is 15.4 Å². The van der Waals surface area contributed by atoms with E-state index in [-0.39, 0.29) is 29.7 Å². The fourth-order valence-electron chi connectivity index (χ4n) is 2.43. The van der Waals surface area contributed by atoms with E-state index in [9.17, 15) is 8.42 Å². The highest BCUT2D eigenvalue weighted by molar-refractivity contribution is 14.0. The molecule has 156 valence electrons. The van der Waals surface area contributed by atoms with Crippen molar-refractivity contribution in [1.82, 2.24) is 14.9 Å². The molecule has 27 heavy (non-hydrogen) atoms. The van der Waals surface area contributed by atoms with Gasteiger partial charge in [0.2, 0.25) is 10.0 Å². The first-order valence-corrected chi connectivity index (χ1v) is 10.5. The molecular formula is C18H33IN4O3S. The van der Waals surface area contributed by atoms with E-state index in [1.807, 2.05) is 6.92 Å². The van der Waals surface area contributed by atoms with Gasteiger partial charge >= 0.3 is 0 Å². The third-order valence-electron chi connectivity index (χ3n) is 4.18. The van der Waals surface area contributed by atoms with Gasteiger partial charge in [-0.1, -0.05) is 12.1 Å². The zero-order valence-corrected chi connectivity index (χ0v) is 20.1. The molecule has 9 heteroatoms. The number of benzene rings is 1. The molecule has 0 saturated heterocycles. The number of guanidine groups is 1. The molecule has 0 aliphatic rings. The number of hydrogen-bond acceptors (Lipinski definition) is 4. The minimum atomic E-state index is -3.11. The van der Waals surface area contributed by atoms with E-state index in [4.69, 9.17) is 4.74 Å². The van der Waals surface area contributed by atoms with E-state index in [2.05, 4.69) is 33.8 Å². The zero-order chi connectivity index (χ0) is 19.6. The summed E-state index contributed by atoms with van der Waals surface area (Å²) in [6.45, 7) is 5.57. The predicted molar refractivity (Wildman–Crippen MR) is 123 cm³/mol. The molecule has 0 aliphatic carbocycles. The van der Waals surface area contributed by atoms with Crippen LogP contribution in [0.1, 0.15) is 24.5 Å². The Morgan fingerprint density at radius 3 is 2.52 bits per heavy atom. The normalized spacial score (nSPS) is 11.9. The second kappa shape index (κ2) is 13.2. The Labute approximate surface area is 181 Å². The van der Waals surface area contributed by atoms with Gasteiger partial charge in [0.1, 0.15) is 5.75 Å². The summed E-state index contributed by atoms with van der Waals surface area (Å²) in [6, 6.07) is 6.21. The third-order valence-corrected chi connectivity index (χ3v) is 6.05. The van der Waals surface area contributed by atoms with E-state index < -0.39 is 10.0 Å². The zero-order valence-electron chi connectivity index (χ0n) is 16.9. The van der Waals surface area contributed by atoms with Gasteiger partial charge in [-0.05, 0) is 43.9 Å². The minimum absolute atomic E-state index is 0. The number of hydrogen-bond donors (Lipinski definition) is 2. The summed E-state index contributed by atoms with van der Waals surface area (Å²) in [5, 5.41) is 6.47. The lowest BCUT2D eigenvalue weighted by molar-refractivity contribution is 0.411. The van der Waals surface area contributed by atoms with Crippen molar-refractivity contribution in [3.63, 3.8) is 0 Å². The Morgan fingerprint density at radius 1 is 1.26 bits per heavy atom. The number of nitrogens with zero attached hydrogens (tertiary/aromatic N) is 2. The van der Waals surface area contributed by atoms with Crippen LogP contribution in [0.5, 0.6) is 5.75 Å². The lowest BCUT2D eigenvalue weighted by Crippen LogP contribution is -2.39. The molecule has 2 N–H and O–H groups in total. The van der Waals surface area contributed by atoms with Crippen molar-refractivity contribution in [1.29, 1.82) is 0 Å². The molecule has 0 spiro atoms. The van der Waals surface area contributed by atoms with Gasteiger partial charge in [0.05, 0.1) is 12.9 Å². The van der Waals surface area contributed by atoms with Crippen LogP contribution in [-0.2, 0) is 16.4 Å². The molecule has 0 saturated carbocycles. The fraction of sp³-hybridized carbons (Fsp3) is 0.611. The molecule has 1 rings (SSSR count). The quantitative estimate of drug-likeness (QED) is 0.217. The molecule has 0 unspecified atom stereocenters. The standard InChI is InChI=1S/C18H32N4O3S.HI/c1-6-26(23,24)22(4)13-7-11-20-18(19-3)21-12-10-16-9-8-15(2)17(14-16)25-5;/h8-9,14H,6-7,10-13H2,1-5H3,(H2,19,20,21);1H. The number of aryl methyl sites for hydroxylation is 1. The second-order valence-corrected chi connectivity index (χ2v) is 8.42. The predicted octanol–water partition coefficient (Wildman–Crippen LogP) is 2.00. The van der Waals surface area contributed by atoms with E-state index >= 15 is 0 Å². The third kappa shape index (κ3) is 9.11. The largest absolute Gasteiger partial charge is 0.496 e. The molecule has 0 aromatic heterocycles. The first-order valence-electron chi connectivity index (χ1n) is 8.86. The smallest absolute Gasteiger partial charge is 0.213 e. The van der Waals surface area contributed by atoms with Crippen molar-refractivity contribution in [3.8, 4) is 5.75 Å². The number of ether oxygens (including phenoxy) is 1. The van der Waals surface area contributed by atoms with Gasteiger partial charge < -0.3 is 15.4 Å². The topological polar surface area (TPSA) is 83.0 Å². The number of halogens is 1. The molecule has 0 atom stereocenters. The van der Waals surface area contributed by atoms with Crippen LogP contribution in [0.2, 0.25) is 0 Å². The maximum Gasteiger partial charge on any atom is 0.213 e. The van der Waals surface area contributed by atoms with E-state index in [0.717, 1.165) is 24.3 Å². The molecule has 0 fully saturated rings. The van der Waals surface area contributed by atoms with Gasteiger partial charge in [0.15, 0.2) is 5.96 Å². The Morgan fingerprint density at radius 2 is 1.93 bits per heavy atom. The number of aliphatic imine (C=N–C) groups is 1. The molecule has 0 radical (unpaired) electrons. The maximum atomic E-state index is 11.7. The molecule has 7 nitrogen and oxygen atoms in total. The SMILES string of the molecule is CCS(=O)(=O)N(C)CCCNC(=NC)NCCc1ccc(C)c(OC)c1.I. The average molecular weight is 512 g/mol. The summed E-state index contributed by atoms with van der Waals surface area (Å²) < 4.78 is 30.1. The number of rotatable bonds is 10. The summed E-state index contributed by atoms with van der Waals surface area (Å²) in [6.07, 6.45) is 1.57. The van der Waals surface area contributed by atoms with Crippen LogP contribution in [0, 0.1) is 6.92 Å². The Hall–Kier alpha value is -1.07. The minimum Gasteiger partial charge on any atom is -0.496 e.